The molecule has 1 N–H and O–H groups in total. The number of para-hydroxylation sites is 1. The van der Waals surface area contributed by atoms with Crippen molar-refractivity contribution in [3.63, 3.8) is 0 Å². The van der Waals surface area contributed by atoms with E-state index < -0.39 is 0 Å². The van der Waals surface area contributed by atoms with Gasteiger partial charge in [0, 0.05) is 38.3 Å². The van der Waals surface area contributed by atoms with Gasteiger partial charge in [-0.25, -0.2) is 0 Å². The van der Waals surface area contributed by atoms with Crippen molar-refractivity contribution in [3.8, 4) is 0 Å². The Hall–Kier alpha value is -0.970. The van der Waals surface area contributed by atoms with Gasteiger partial charge in [-0.3, -0.25) is 4.79 Å². The first-order valence-corrected chi connectivity index (χ1v) is 8.61. The number of hydrogen-bond donors (Lipinski definition) is 1. The Labute approximate surface area is 157 Å². The van der Waals surface area contributed by atoms with Gasteiger partial charge in [-0.1, -0.05) is 18.2 Å². The SMILES string of the molecule is Cl.Cl.O=C(CCC1CCNCC1)N1CCN(c2ccccc2)CC1. The topological polar surface area (TPSA) is 35.6 Å². The van der Waals surface area contributed by atoms with Gasteiger partial charge in [0.05, 0.1) is 0 Å². The summed E-state index contributed by atoms with van der Waals surface area (Å²) in [5, 5.41) is 3.39. The van der Waals surface area contributed by atoms with Gasteiger partial charge in [0.25, 0.3) is 0 Å². The molecule has 0 radical (unpaired) electrons. The predicted molar refractivity (Wildman–Crippen MR) is 105 cm³/mol. The molecule has 2 aliphatic rings. The van der Waals surface area contributed by atoms with Crippen molar-refractivity contribution in [1.82, 2.24) is 10.2 Å². The van der Waals surface area contributed by atoms with Gasteiger partial charge in [-0.05, 0) is 50.4 Å². The third-order valence-electron chi connectivity index (χ3n) is 4.98. The van der Waals surface area contributed by atoms with Gasteiger partial charge in [-0.15, -0.1) is 24.8 Å². The number of rotatable bonds is 4. The molecular formula is C18H29Cl2N3O. The van der Waals surface area contributed by atoms with Crippen molar-refractivity contribution in [2.24, 2.45) is 5.92 Å². The number of carbonyl (C=O) groups excluding carboxylic acids is 1. The first kappa shape index (κ1) is 21.1. The fourth-order valence-corrected chi connectivity index (χ4v) is 3.51. The molecule has 6 heteroatoms. The summed E-state index contributed by atoms with van der Waals surface area (Å²) in [6.07, 6.45) is 4.26. The van der Waals surface area contributed by atoms with E-state index in [9.17, 15) is 4.79 Å². The van der Waals surface area contributed by atoms with E-state index in [0.717, 1.165) is 58.0 Å². The molecule has 136 valence electrons. The van der Waals surface area contributed by atoms with Crippen molar-refractivity contribution < 1.29 is 4.79 Å². The minimum Gasteiger partial charge on any atom is -0.368 e. The zero-order valence-electron chi connectivity index (χ0n) is 14.2. The van der Waals surface area contributed by atoms with E-state index in [1.54, 1.807) is 0 Å². The third kappa shape index (κ3) is 5.83. The molecule has 0 aromatic heterocycles. The lowest BCUT2D eigenvalue weighted by Crippen LogP contribution is -2.48. The zero-order valence-corrected chi connectivity index (χ0v) is 15.8. The van der Waals surface area contributed by atoms with Crippen molar-refractivity contribution in [2.45, 2.75) is 25.7 Å². The minimum absolute atomic E-state index is 0. The first-order chi connectivity index (χ1) is 10.8. The molecule has 0 bridgehead atoms. The highest BCUT2D eigenvalue weighted by molar-refractivity contribution is 5.85. The van der Waals surface area contributed by atoms with Crippen molar-refractivity contribution in [3.05, 3.63) is 30.3 Å². The molecule has 0 unspecified atom stereocenters. The number of amides is 1. The predicted octanol–water partition coefficient (Wildman–Crippen LogP) is 2.96. The van der Waals surface area contributed by atoms with E-state index in [2.05, 4.69) is 39.4 Å². The summed E-state index contributed by atoms with van der Waals surface area (Å²) >= 11 is 0. The highest BCUT2D eigenvalue weighted by Gasteiger charge is 2.22. The monoisotopic (exact) mass is 373 g/mol. The van der Waals surface area contributed by atoms with Crippen LogP contribution in [-0.4, -0.2) is 50.1 Å². The summed E-state index contributed by atoms with van der Waals surface area (Å²) in [4.78, 5) is 16.8. The van der Waals surface area contributed by atoms with Crippen molar-refractivity contribution >= 4 is 36.4 Å². The van der Waals surface area contributed by atoms with Crippen LogP contribution in [0.2, 0.25) is 0 Å². The molecule has 2 heterocycles. The second kappa shape index (κ2) is 10.8. The van der Waals surface area contributed by atoms with Crippen molar-refractivity contribution in [1.29, 1.82) is 0 Å². The van der Waals surface area contributed by atoms with Gasteiger partial charge in [0.15, 0.2) is 0 Å². The van der Waals surface area contributed by atoms with Gasteiger partial charge in [0.2, 0.25) is 5.91 Å². The van der Waals surface area contributed by atoms with Crippen LogP contribution in [0.25, 0.3) is 0 Å². The number of benzene rings is 1. The second-order valence-corrected chi connectivity index (χ2v) is 6.44. The quantitative estimate of drug-likeness (QED) is 0.880. The number of hydrogen-bond acceptors (Lipinski definition) is 3. The number of carbonyl (C=O) groups is 1. The third-order valence-corrected chi connectivity index (χ3v) is 4.98. The Morgan fingerprint density at radius 2 is 1.62 bits per heavy atom. The van der Waals surface area contributed by atoms with Gasteiger partial charge >= 0.3 is 0 Å². The Bertz CT molecular complexity index is 472. The highest BCUT2D eigenvalue weighted by atomic mass is 35.5. The number of anilines is 1. The lowest BCUT2D eigenvalue weighted by atomic mass is 9.93. The summed E-state index contributed by atoms with van der Waals surface area (Å²) in [5.74, 6) is 1.10. The lowest BCUT2D eigenvalue weighted by Gasteiger charge is -2.36. The average molecular weight is 374 g/mol. The molecule has 0 atom stereocenters. The molecule has 0 aliphatic carbocycles. The Kier molecular flexibility index (Phi) is 9.49. The van der Waals surface area contributed by atoms with Gasteiger partial charge in [0.1, 0.15) is 0 Å². The molecule has 1 amide bonds. The molecule has 0 saturated carbocycles. The van der Waals surface area contributed by atoms with Crippen LogP contribution in [0.5, 0.6) is 0 Å². The molecule has 2 saturated heterocycles. The first-order valence-electron chi connectivity index (χ1n) is 8.61. The zero-order chi connectivity index (χ0) is 15.2. The van der Waals surface area contributed by atoms with Crippen molar-refractivity contribution in [2.75, 3.05) is 44.2 Å². The standard InChI is InChI=1S/C18H27N3O.2ClH/c22-18(7-6-16-8-10-19-11-9-16)21-14-12-20(13-15-21)17-4-2-1-3-5-17;;/h1-5,16,19H,6-15H2;2*1H. The van der Waals surface area contributed by atoms with E-state index >= 15 is 0 Å². The maximum atomic E-state index is 12.4. The summed E-state index contributed by atoms with van der Waals surface area (Å²) in [7, 11) is 0. The number of nitrogens with zero attached hydrogens (tertiary/aromatic N) is 2. The van der Waals surface area contributed by atoms with Gasteiger partial charge < -0.3 is 15.1 Å². The lowest BCUT2D eigenvalue weighted by molar-refractivity contribution is -0.131. The fourth-order valence-electron chi connectivity index (χ4n) is 3.51. The molecule has 1 aromatic carbocycles. The molecule has 24 heavy (non-hydrogen) atoms. The van der Waals surface area contributed by atoms with Crippen LogP contribution in [-0.2, 0) is 4.79 Å². The number of halogens is 2. The maximum absolute atomic E-state index is 12.4. The number of piperazine rings is 1. The van der Waals surface area contributed by atoms with E-state index in [4.69, 9.17) is 0 Å². The molecule has 0 spiro atoms. The Balaban J connectivity index is 0.00000144. The van der Waals surface area contributed by atoms with Crippen LogP contribution in [0.15, 0.2) is 30.3 Å². The van der Waals surface area contributed by atoms with E-state index in [-0.39, 0.29) is 24.8 Å². The van der Waals surface area contributed by atoms with Crippen LogP contribution >= 0.6 is 24.8 Å². The maximum Gasteiger partial charge on any atom is 0.222 e. The Morgan fingerprint density at radius 1 is 1.00 bits per heavy atom. The van der Waals surface area contributed by atoms with Gasteiger partial charge in [-0.2, -0.15) is 0 Å². The molecule has 3 rings (SSSR count). The average Bonchev–Trinajstić information content (AvgIpc) is 2.61. The van der Waals surface area contributed by atoms with E-state index in [1.165, 1.54) is 18.5 Å². The second-order valence-electron chi connectivity index (χ2n) is 6.44. The summed E-state index contributed by atoms with van der Waals surface area (Å²) < 4.78 is 0. The molecule has 2 fully saturated rings. The largest absolute Gasteiger partial charge is 0.368 e. The number of nitrogens with one attached hydrogen (secondary N) is 1. The Morgan fingerprint density at radius 3 is 2.25 bits per heavy atom. The summed E-state index contributed by atoms with van der Waals surface area (Å²) in [6.45, 7) is 5.86. The summed E-state index contributed by atoms with van der Waals surface area (Å²) in [5.41, 5.74) is 1.27. The van der Waals surface area contributed by atoms with Crippen LogP contribution in [0.1, 0.15) is 25.7 Å². The normalized spacial score (nSPS) is 18.5. The minimum atomic E-state index is 0. The van der Waals surface area contributed by atoms with Crippen LogP contribution < -0.4 is 10.2 Å². The van der Waals surface area contributed by atoms with Crippen LogP contribution in [0, 0.1) is 5.92 Å². The molecule has 1 aromatic rings. The molecule has 4 nitrogen and oxygen atoms in total. The van der Waals surface area contributed by atoms with E-state index in [1.807, 2.05) is 6.07 Å². The molecule has 2 aliphatic heterocycles. The number of piperidine rings is 1. The summed E-state index contributed by atoms with van der Waals surface area (Å²) in [6, 6.07) is 10.5. The van der Waals surface area contributed by atoms with Crippen LogP contribution in [0.4, 0.5) is 5.69 Å². The smallest absolute Gasteiger partial charge is 0.222 e. The molecular weight excluding hydrogens is 345 g/mol. The highest BCUT2D eigenvalue weighted by Crippen LogP contribution is 2.20. The fraction of sp³-hybridized carbons (Fsp3) is 0.611. The van der Waals surface area contributed by atoms with Crippen LogP contribution in [0.3, 0.4) is 0 Å². The van der Waals surface area contributed by atoms with E-state index in [0.29, 0.717) is 5.91 Å².